The molecule has 0 amide bonds. The Balaban J connectivity index is 2.13. The highest BCUT2D eigenvalue weighted by Gasteiger charge is 2.18. The summed E-state index contributed by atoms with van der Waals surface area (Å²) in [6.45, 7) is 3.55. The van der Waals surface area contributed by atoms with Gasteiger partial charge in [0.25, 0.3) is 0 Å². The molecule has 1 fully saturated rings. The molecule has 2 N–H and O–H groups in total. The lowest BCUT2D eigenvalue weighted by molar-refractivity contribution is -0.141. The molecule has 4 heteroatoms. The Morgan fingerprint density at radius 1 is 1.44 bits per heavy atom. The van der Waals surface area contributed by atoms with Gasteiger partial charge in [0.05, 0.1) is 6.61 Å². The zero-order chi connectivity index (χ0) is 11.8. The molecule has 0 heterocycles. The highest BCUT2D eigenvalue weighted by atomic mass is 16.5. The van der Waals surface area contributed by atoms with Crippen LogP contribution in [0.3, 0.4) is 0 Å². The number of carboxylic acids is 1. The van der Waals surface area contributed by atoms with Gasteiger partial charge in [0, 0.05) is 6.61 Å². The number of likely N-dealkylation sites (N-methyl/N-ethyl adjacent to an activating group) is 1. The smallest absolute Gasteiger partial charge is 0.323 e. The Morgan fingerprint density at radius 3 is 2.69 bits per heavy atom. The molecular weight excluding hydrogens is 206 g/mol. The highest BCUT2D eigenvalue weighted by molar-refractivity contribution is 5.73. The van der Waals surface area contributed by atoms with Crippen LogP contribution in [0, 0.1) is 5.92 Å². The van der Waals surface area contributed by atoms with E-state index in [2.05, 4.69) is 5.32 Å². The van der Waals surface area contributed by atoms with E-state index in [-0.39, 0.29) is 6.61 Å². The third-order valence-electron chi connectivity index (χ3n) is 3.11. The van der Waals surface area contributed by atoms with Crippen LogP contribution in [0.5, 0.6) is 0 Å². The Hall–Kier alpha value is -0.610. The van der Waals surface area contributed by atoms with Crippen molar-refractivity contribution in [3.05, 3.63) is 0 Å². The summed E-state index contributed by atoms with van der Waals surface area (Å²) in [5.74, 6) is -0.185. The van der Waals surface area contributed by atoms with Crippen LogP contribution in [0.15, 0.2) is 0 Å². The standard InChI is InChI=1S/C12H23NO3/c1-2-13-11(12(14)15)9-16-8-10-6-4-3-5-7-10/h10-11,13H,2-9H2,1H3,(H,14,15). The number of aliphatic carboxylic acids is 1. The van der Waals surface area contributed by atoms with E-state index in [1.165, 1.54) is 32.1 Å². The minimum Gasteiger partial charge on any atom is -0.480 e. The average Bonchev–Trinajstić information content (AvgIpc) is 2.29. The van der Waals surface area contributed by atoms with Crippen molar-refractivity contribution in [3.63, 3.8) is 0 Å². The van der Waals surface area contributed by atoms with E-state index >= 15 is 0 Å². The lowest BCUT2D eigenvalue weighted by Gasteiger charge is -2.22. The maximum absolute atomic E-state index is 10.8. The molecule has 0 radical (unpaired) electrons. The van der Waals surface area contributed by atoms with Crippen LogP contribution in [0.4, 0.5) is 0 Å². The molecule has 0 saturated heterocycles. The van der Waals surface area contributed by atoms with Gasteiger partial charge in [-0.05, 0) is 25.3 Å². The molecule has 1 aliphatic carbocycles. The van der Waals surface area contributed by atoms with Crippen molar-refractivity contribution in [3.8, 4) is 0 Å². The van der Waals surface area contributed by atoms with Gasteiger partial charge in [-0.2, -0.15) is 0 Å². The van der Waals surface area contributed by atoms with E-state index in [1.807, 2.05) is 6.92 Å². The molecule has 1 atom stereocenters. The zero-order valence-corrected chi connectivity index (χ0v) is 10.1. The fourth-order valence-electron chi connectivity index (χ4n) is 2.17. The van der Waals surface area contributed by atoms with Gasteiger partial charge < -0.3 is 15.2 Å². The fraction of sp³-hybridized carbons (Fsp3) is 0.917. The number of hydrogen-bond donors (Lipinski definition) is 2. The Bertz CT molecular complexity index is 202. The van der Waals surface area contributed by atoms with Crippen molar-refractivity contribution in [1.29, 1.82) is 0 Å². The van der Waals surface area contributed by atoms with Crippen molar-refractivity contribution >= 4 is 5.97 Å². The van der Waals surface area contributed by atoms with E-state index < -0.39 is 12.0 Å². The molecule has 1 saturated carbocycles. The van der Waals surface area contributed by atoms with E-state index in [0.29, 0.717) is 12.5 Å². The number of carbonyl (C=O) groups is 1. The summed E-state index contributed by atoms with van der Waals surface area (Å²) in [5, 5.41) is 11.8. The van der Waals surface area contributed by atoms with Gasteiger partial charge in [-0.25, -0.2) is 0 Å². The second kappa shape index (κ2) is 7.63. The van der Waals surface area contributed by atoms with Gasteiger partial charge in [-0.1, -0.05) is 26.2 Å². The lowest BCUT2D eigenvalue weighted by Crippen LogP contribution is -2.40. The van der Waals surface area contributed by atoms with Crippen LogP contribution in [0.1, 0.15) is 39.0 Å². The monoisotopic (exact) mass is 229 g/mol. The number of rotatable bonds is 7. The molecule has 0 bridgehead atoms. The zero-order valence-electron chi connectivity index (χ0n) is 10.1. The van der Waals surface area contributed by atoms with Crippen LogP contribution >= 0.6 is 0 Å². The number of nitrogens with one attached hydrogen (secondary N) is 1. The molecule has 0 aliphatic heterocycles. The largest absolute Gasteiger partial charge is 0.480 e. The number of hydrogen-bond acceptors (Lipinski definition) is 3. The molecule has 16 heavy (non-hydrogen) atoms. The van der Waals surface area contributed by atoms with Gasteiger partial charge in [-0.15, -0.1) is 0 Å². The SMILES string of the molecule is CCNC(COCC1CCCCC1)C(=O)O. The topological polar surface area (TPSA) is 58.6 Å². The summed E-state index contributed by atoms with van der Waals surface area (Å²) >= 11 is 0. The maximum atomic E-state index is 10.8. The number of ether oxygens (including phenoxy) is 1. The predicted molar refractivity (Wildman–Crippen MR) is 62.5 cm³/mol. The summed E-state index contributed by atoms with van der Waals surface area (Å²) in [6, 6.07) is -0.561. The quantitative estimate of drug-likeness (QED) is 0.697. The maximum Gasteiger partial charge on any atom is 0.323 e. The number of carboxylic acid groups (broad SMARTS) is 1. The van der Waals surface area contributed by atoms with Crippen LogP contribution in [-0.2, 0) is 9.53 Å². The normalized spacial score (nSPS) is 19.6. The average molecular weight is 229 g/mol. The first-order valence-electron chi connectivity index (χ1n) is 6.28. The first-order chi connectivity index (χ1) is 7.74. The van der Waals surface area contributed by atoms with Crippen LogP contribution in [0.2, 0.25) is 0 Å². The van der Waals surface area contributed by atoms with Gasteiger partial charge in [0.2, 0.25) is 0 Å². The Kier molecular flexibility index (Phi) is 6.42. The Labute approximate surface area is 97.4 Å². The van der Waals surface area contributed by atoms with Gasteiger partial charge in [-0.3, -0.25) is 4.79 Å². The molecule has 0 spiro atoms. The molecule has 94 valence electrons. The predicted octanol–water partition coefficient (Wildman–Crippen LogP) is 1.65. The van der Waals surface area contributed by atoms with Crippen molar-refractivity contribution in [1.82, 2.24) is 5.32 Å². The highest BCUT2D eigenvalue weighted by Crippen LogP contribution is 2.23. The first kappa shape index (κ1) is 13.5. The van der Waals surface area contributed by atoms with E-state index in [1.54, 1.807) is 0 Å². The summed E-state index contributed by atoms with van der Waals surface area (Å²) < 4.78 is 5.51. The van der Waals surface area contributed by atoms with E-state index in [9.17, 15) is 4.79 Å². The third-order valence-corrected chi connectivity index (χ3v) is 3.11. The van der Waals surface area contributed by atoms with E-state index in [0.717, 1.165) is 6.61 Å². The lowest BCUT2D eigenvalue weighted by atomic mass is 9.90. The molecule has 4 nitrogen and oxygen atoms in total. The molecule has 1 aliphatic rings. The second-order valence-electron chi connectivity index (χ2n) is 4.49. The minimum absolute atomic E-state index is 0.277. The van der Waals surface area contributed by atoms with E-state index in [4.69, 9.17) is 9.84 Å². The molecule has 1 rings (SSSR count). The molecule has 0 aromatic carbocycles. The van der Waals surface area contributed by atoms with Crippen LogP contribution < -0.4 is 5.32 Å². The summed E-state index contributed by atoms with van der Waals surface area (Å²) in [6.07, 6.45) is 6.40. The van der Waals surface area contributed by atoms with Gasteiger partial charge >= 0.3 is 5.97 Å². The summed E-state index contributed by atoms with van der Waals surface area (Å²) in [5.41, 5.74) is 0. The Morgan fingerprint density at radius 2 is 2.12 bits per heavy atom. The molecule has 1 unspecified atom stereocenters. The van der Waals surface area contributed by atoms with Crippen molar-refractivity contribution in [2.45, 2.75) is 45.1 Å². The van der Waals surface area contributed by atoms with Crippen LogP contribution in [0.25, 0.3) is 0 Å². The van der Waals surface area contributed by atoms with Crippen molar-refractivity contribution in [2.24, 2.45) is 5.92 Å². The fourth-order valence-corrected chi connectivity index (χ4v) is 2.17. The first-order valence-corrected chi connectivity index (χ1v) is 6.28. The molecular formula is C12H23NO3. The van der Waals surface area contributed by atoms with Gasteiger partial charge in [0.1, 0.15) is 6.04 Å². The summed E-state index contributed by atoms with van der Waals surface area (Å²) in [4.78, 5) is 10.8. The van der Waals surface area contributed by atoms with Crippen molar-refractivity contribution in [2.75, 3.05) is 19.8 Å². The van der Waals surface area contributed by atoms with Gasteiger partial charge in [0.15, 0.2) is 0 Å². The summed E-state index contributed by atoms with van der Waals surface area (Å²) in [7, 11) is 0. The molecule has 0 aromatic heterocycles. The second-order valence-corrected chi connectivity index (χ2v) is 4.49. The van der Waals surface area contributed by atoms with Crippen LogP contribution in [-0.4, -0.2) is 36.9 Å². The van der Waals surface area contributed by atoms with Crippen molar-refractivity contribution < 1.29 is 14.6 Å². The third kappa shape index (κ3) is 4.94. The molecule has 0 aromatic rings. The minimum atomic E-state index is -0.828.